The molecule has 1 aromatic heterocycles. The van der Waals surface area contributed by atoms with E-state index >= 15 is 0 Å². The SMILES string of the molecule is COc1ccc(C2c3cccn3-c3ccccc3CN2C(=O)Nc2cc(OC)cc(OC)c2)cc1. The molecule has 3 aromatic carbocycles. The van der Waals surface area contributed by atoms with E-state index in [1.807, 2.05) is 53.6 Å². The Bertz CT molecular complexity index is 1320. The average Bonchev–Trinajstić information content (AvgIpc) is 3.32. The summed E-state index contributed by atoms with van der Waals surface area (Å²) in [5, 5.41) is 3.06. The lowest BCUT2D eigenvalue weighted by Gasteiger charge is -2.31. The highest BCUT2D eigenvalue weighted by Crippen LogP contribution is 2.37. The molecule has 2 amide bonds. The molecule has 0 saturated heterocycles. The summed E-state index contributed by atoms with van der Waals surface area (Å²) in [4.78, 5) is 15.7. The van der Waals surface area contributed by atoms with Crippen LogP contribution in [0.25, 0.3) is 5.69 Å². The summed E-state index contributed by atoms with van der Waals surface area (Å²) in [5.74, 6) is 1.96. The number of carbonyl (C=O) groups is 1. The third kappa shape index (κ3) is 4.28. The molecule has 35 heavy (non-hydrogen) atoms. The molecule has 1 N–H and O–H groups in total. The van der Waals surface area contributed by atoms with Gasteiger partial charge in [-0.1, -0.05) is 30.3 Å². The Labute approximate surface area is 204 Å². The number of methoxy groups -OCH3 is 3. The molecule has 178 valence electrons. The van der Waals surface area contributed by atoms with E-state index in [0.29, 0.717) is 23.7 Å². The molecule has 0 aliphatic carbocycles. The van der Waals surface area contributed by atoms with Gasteiger partial charge < -0.3 is 29.0 Å². The standard InChI is InChI=1S/C28H27N3O4/c1-33-22-12-10-19(11-13-22)27-26-9-6-14-30(26)25-8-5-4-7-20(25)18-31(27)28(32)29-21-15-23(34-2)17-24(16-21)35-3/h4-17,27H,18H2,1-3H3,(H,29,32). The largest absolute Gasteiger partial charge is 0.497 e. The zero-order chi connectivity index (χ0) is 24.4. The number of aromatic nitrogens is 1. The smallest absolute Gasteiger partial charge is 0.322 e. The van der Waals surface area contributed by atoms with Gasteiger partial charge in [-0.15, -0.1) is 0 Å². The van der Waals surface area contributed by atoms with Crippen LogP contribution in [0, 0.1) is 0 Å². The molecular weight excluding hydrogens is 442 g/mol. The van der Waals surface area contributed by atoms with Crippen molar-refractivity contribution < 1.29 is 19.0 Å². The van der Waals surface area contributed by atoms with Crippen LogP contribution in [0.2, 0.25) is 0 Å². The highest BCUT2D eigenvalue weighted by atomic mass is 16.5. The van der Waals surface area contributed by atoms with Crippen LogP contribution in [0.3, 0.4) is 0 Å². The van der Waals surface area contributed by atoms with E-state index in [1.54, 1.807) is 39.5 Å². The molecule has 1 atom stereocenters. The Balaban J connectivity index is 1.60. The summed E-state index contributed by atoms with van der Waals surface area (Å²) in [5.41, 5.74) is 4.69. The Hall–Kier alpha value is -4.39. The molecular formula is C28H27N3O4. The van der Waals surface area contributed by atoms with Crippen molar-refractivity contribution in [2.75, 3.05) is 26.6 Å². The predicted molar refractivity (Wildman–Crippen MR) is 135 cm³/mol. The number of fused-ring (bicyclic) bond motifs is 3. The molecule has 0 bridgehead atoms. The highest BCUT2D eigenvalue weighted by Gasteiger charge is 2.33. The number of ether oxygens (including phenoxy) is 3. The van der Waals surface area contributed by atoms with Crippen LogP contribution in [0.1, 0.15) is 22.9 Å². The number of nitrogens with zero attached hydrogens (tertiary/aromatic N) is 2. The second kappa shape index (κ2) is 9.46. The van der Waals surface area contributed by atoms with E-state index in [0.717, 1.165) is 28.3 Å². The van der Waals surface area contributed by atoms with E-state index in [2.05, 4.69) is 28.1 Å². The van der Waals surface area contributed by atoms with Crippen molar-refractivity contribution in [3.05, 3.63) is 102 Å². The first kappa shape index (κ1) is 22.4. The number of nitrogens with one attached hydrogen (secondary N) is 1. The van der Waals surface area contributed by atoms with Crippen LogP contribution in [0.15, 0.2) is 85.1 Å². The number of amides is 2. The van der Waals surface area contributed by atoms with Gasteiger partial charge in [0.25, 0.3) is 0 Å². The average molecular weight is 470 g/mol. The zero-order valence-electron chi connectivity index (χ0n) is 19.9. The van der Waals surface area contributed by atoms with Gasteiger partial charge in [0.1, 0.15) is 17.2 Å². The normalized spacial score (nSPS) is 14.4. The van der Waals surface area contributed by atoms with Crippen molar-refractivity contribution >= 4 is 11.7 Å². The van der Waals surface area contributed by atoms with Gasteiger partial charge in [0.15, 0.2) is 0 Å². The van der Waals surface area contributed by atoms with Crippen molar-refractivity contribution in [3.63, 3.8) is 0 Å². The second-order valence-corrected chi connectivity index (χ2v) is 8.27. The van der Waals surface area contributed by atoms with Crippen LogP contribution in [-0.4, -0.2) is 36.8 Å². The minimum atomic E-state index is -0.323. The molecule has 1 unspecified atom stereocenters. The third-order valence-corrected chi connectivity index (χ3v) is 6.26. The molecule has 7 heteroatoms. The van der Waals surface area contributed by atoms with E-state index in [4.69, 9.17) is 14.2 Å². The van der Waals surface area contributed by atoms with Crippen LogP contribution in [-0.2, 0) is 6.54 Å². The molecule has 0 spiro atoms. The second-order valence-electron chi connectivity index (χ2n) is 8.27. The Kier molecular flexibility index (Phi) is 6.06. The van der Waals surface area contributed by atoms with Crippen molar-refractivity contribution in [1.82, 2.24) is 9.47 Å². The van der Waals surface area contributed by atoms with Crippen molar-refractivity contribution in [2.45, 2.75) is 12.6 Å². The van der Waals surface area contributed by atoms with Crippen LogP contribution < -0.4 is 19.5 Å². The summed E-state index contributed by atoms with van der Waals surface area (Å²) < 4.78 is 18.3. The Morgan fingerprint density at radius 1 is 0.829 bits per heavy atom. The van der Waals surface area contributed by atoms with Crippen LogP contribution in [0.4, 0.5) is 10.5 Å². The first-order valence-corrected chi connectivity index (χ1v) is 11.3. The number of carbonyl (C=O) groups excluding carboxylic acids is 1. The fourth-order valence-electron chi connectivity index (χ4n) is 4.55. The van der Waals surface area contributed by atoms with Crippen molar-refractivity contribution in [3.8, 4) is 22.9 Å². The summed E-state index contributed by atoms with van der Waals surface area (Å²) in [6.07, 6.45) is 2.04. The third-order valence-electron chi connectivity index (χ3n) is 6.26. The lowest BCUT2D eigenvalue weighted by Crippen LogP contribution is -2.37. The van der Waals surface area contributed by atoms with Crippen LogP contribution >= 0.6 is 0 Å². The molecule has 1 aliphatic rings. The molecule has 7 nitrogen and oxygen atoms in total. The minimum Gasteiger partial charge on any atom is -0.497 e. The van der Waals surface area contributed by atoms with Gasteiger partial charge >= 0.3 is 6.03 Å². The molecule has 4 aromatic rings. The number of hydrogen-bond donors (Lipinski definition) is 1. The van der Waals surface area contributed by atoms with E-state index in [-0.39, 0.29) is 12.1 Å². The summed E-state index contributed by atoms with van der Waals surface area (Å²) in [7, 11) is 4.81. The first-order valence-electron chi connectivity index (χ1n) is 11.3. The van der Waals surface area contributed by atoms with Crippen molar-refractivity contribution in [1.29, 1.82) is 0 Å². The molecule has 0 radical (unpaired) electrons. The molecule has 1 aliphatic heterocycles. The first-order chi connectivity index (χ1) is 17.1. The number of rotatable bonds is 5. The van der Waals surface area contributed by atoms with Gasteiger partial charge in [-0.2, -0.15) is 0 Å². The maximum atomic E-state index is 13.9. The van der Waals surface area contributed by atoms with E-state index in [9.17, 15) is 4.79 Å². The molecule has 0 fully saturated rings. The quantitative estimate of drug-likeness (QED) is 0.411. The lowest BCUT2D eigenvalue weighted by atomic mass is 10.0. The van der Waals surface area contributed by atoms with Gasteiger partial charge in [-0.25, -0.2) is 4.79 Å². The summed E-state index contributed by atoms with van der Waals surface area (Å²) in [6.45, 7) is 0.432. The minimum absolute atomic E-state index is 0.231. The van der Waals surface area contributed by atoms with Gasteiger partial charge in [0.05, 0.1) is 39.6 Å². The number of urea groups is 1. The molecule has 5 rings (SSSR count). The van der Waals surface area contributed by atoms with Crippen LogP contribution in [0.5, 0.6) is 17.2 Å². The maximum Gasteiger partial charge on any atom is 0.322 e. The summed E-state index contributed by atoms with van der Waals surface area (Å²) >= 11 is 0. The lowest BCUT2D eigenvalue weighted by molar-refractivity contribution is 0.194. The van der Waals surface area contributed by atoms with E-state index in [1.165, 1.54) is 0 Å². The van der Waals surface area contributed by atoms with Gasteiger partial charge in [-0.3, -0.25) is 0 Å². The van der Waals surface area contributed by atoms with Gasteiger partial charge in [-0.05, 0) is 41.5 Å². The maximum absolute atomic E-state index is 13.9. The number of para-hydroxylation sites is 1. The van der Waals surface area contributed by atoms with Gasteiger partial charge in [0, 0.05) is 35.8 Å². The topological polar surface area (TPSA) is 65.0 Å². The summed E-state index contributed by atoms with van der Waals surface area (Å²) in [6, 6.07) is 24.8. The van der Waals surface area contributed by atoms with Gasteiger partial charge in [0.2, 0.25) is 0 Å². The number of anilines is 1. The highest BCUT2D eigenvalue weighted by molar-refractivity contribution is 5.90. The van der Waals surface area contributed by atoms with Crippen molar-refractivity contribution in [2.24, 2.45) is 0 Å². The Morgan fingerprint density at radius 2 is 1.51 bits per heavy atom. The zero-order valence-corrected chi connectivity index (χ0v) is 19.9. The Morgan fingerprint density at radius 3 is 2.20 bits per heavy atom. The predicted octanol–water partition coefficient (Wildman–Crippen LogP) is 5.64. The van der Waals surface area contributed by atoms with E-state index < -0.39 is 0 Å². The number of hydrogen-bond acceptors (Lipinski definition) is 4. The molecule has 0 saturated carbocycles. The monoisotopic (exact) mass is 469 g/mol. The fraction of sp³-hybridized carbons (Fsp3) is 0.179. The number of benzene rings is 3. The molecule has 2 heterocycles. The fourth-order valence-corrected chi connectivity index (χ4v) is 4.55.